The summed E-state index contributed by atoms with van der Waals surface area (Å²) in [5.74, 6) is 1.83. The lowest BCUT2D eigenvalue weighted by Gasteiger charge is -2.28. The largest absolute Gasteiger partial charge is 0.493 e. The molecule has 1 unspecified atom stereocenters. The quantitative estimate of drug-likeness (QED) is 0.470. The third kappa shape index (κ3) is 4.15. The van der Waals surface area contributed by atoms with Crippen LogP contribution in [0, 0.1) is 0 Å². The van der Waals surface area contributed by atoms with Crippen molar-refractivity contribution in [3.05, 3.63) is 58.8 Å². The summed E-state index contributed by atoms with van der Waals surface area (Å²) >= 11 is 0. The standard InChI is InChI=1S/C22H22N4O6/c1-12-19(21(27)26-23-10-13-4-6-16-18(8-13)32-11-31-16)20(25-22(28)24-12)14-5-7-15(29-2)17(9-14)30-3/h4-10,20H,11H2,1-3H3,(H,26,27)(H2,24,25,28). The maximum absolute atomic E-state index is 13.0. The smallest absolute Gasteiger partial charge is 0.319 e. The summed E-state index contributed by atoms with van der Waals surface area (Å²) < 4.78 is 21.2. The number of nitrogens with zero attached hydrogens (tertiary/aromatic N) is 1. The number of amides is 3. The molecule has 32 heavy (non-hydrogen) atoms. The fourth-order valence-corrected chi connectivity index (χ4v) is 3.50. The second kappa shape index (κ2) is 8.88. The summed E-state index contributed by atoms with van der Waals surface area (Å²) in [5, 5.41) is 9.44. The third-order valence-corrected chi connectivity index (χ3v) is 5.03. The predicted octanol–water partition coefficient (Wildman–Crippen LogP) is 2.21. The van der Waals surface area contributed by atoms with Crippen LogP contribution in [-0.2, 0) is 4.79 Å². The number of nitrogens with one attached hydrogen (secondary N) is 3. The van der Waals surface area contributed by atoms with Crippen molar-refractivity contribution in [2.45, 2.75) is 13.0 Å². The summed E-state index contributed by atoms with van der Waals surface area (Å²) in [4.78, 5) is 25.1. The number of fused-ring (bicyclic) bond motifs is 1. The van der Waals surface area contributed by atoms with Crippen LogP contribution in [0.2, 0.25) is 0 Å². The lowest BCUT2D eigenvalue weighted by Crippen LogP contribution is -2.46. The zero-order valence-corrected chi connectivity index (χ0v) is 17.7. The second-order valence-corrected chi connectivity index (χ2v) is 7.00. The highest BCUT2D eigenvalue weighted by Crippen LogP contribution is 2.34. The molecular formula is C22H22N4O6. The Kier molecular flexibility index (Phi) is 5.84. The number of methoxy groups -OCH3 is 2. The van der Waals surface area contributed by atoms with Gasteiger partial charge in [0.25, 0.3) is 5.91 Å². The third-order valence-electron chi connectivity index (χ3n) is 5.03. The first-order valence-corrected chi connectivity index (χ1v) is 9.73. The monoisotopic (exact) mass is 438 g/mol. The lowest BCUT2D eigenvalue weighted by atomic mass is 9.94. The van der Waals surface area contributed by atoms with Gasteiger partial charge in [-0.1, -0.05) is 6.07 Å². The SMILES string of the molecule is COc1ccc(C2NC(=O)NC(C)=C2C(=O)NN=Cc2ccc3c(c2)OCO3)cc1OC. The molecule has 2 aromatic carbocycles. The van der Waals surface area contributed by atoms with E-state index in [2.05, 4.69) is 21.2 Å². The van der Waals surface area contributed by atoms with Crippen molar-refractivity contribution in [1.29, 1.82) is 0 Å². The molecule has 0 saturated heterocycles. The number of benzene rings is 2. The molecule has 1 atom stereocenters. The fraction of sp³-hybridized carbons (Fsp3) is 0.227. The molecule has 0 radical (unpaired) electrons. The topological polar surface area (TPSA) is 120 Å². The van der Waals surface area contributed by atoms with E-state index in [0.29, 0.717) is 39.8 Å². The van der Waals surface area contributed by atoms with Gasteiger partial charge in [0.2, 0.25) is 6.79 Å². The molecule has 2 aliphatic rings. The van der Waals surface area contributed by atoms with Crippen LogP contribution in [0.15, 0.2) is 52.8 Å². The zero-order chi connectivity index (χ0) is 22.7. The first-order chi connectivity index (χ1) is 15.5. The van der Waals surface area contributed by atoms with Crippen molar-refractivity contribution in [3.8, 4) is 23.0 Å². The lowest BCUT2D eigenvalue weighted by molar-refractivity contribution is -0.117. The number of rotatable bonds is 6. The molecule has 10 nitrogen and oxygen atoms in total. The van der Waals surface area contributed by atoms with E-state index in [1.807, 2.05) is 0 Å². The van der Waals surface area contributed by atoms with E-state index in [0.717, 1.165) is 5.56 Å². The van der Waals surface area contributed by atoms with Crippen molar-refractivity contribution in [1.82, 2.24) is 16.1 Å². The Bertz CT molecular complexity index is 1130. The van der Waals surface area contributed by atoms with E-state index in [1.54, 1.807) is 43.3 Å². The Balaban J connectivity index is 1.56. The molecular weight excluding hydrogens is 416 g/mol. The molecule has 2 aliphatic heterocycles. The molecule has 0 fully saturated rings. The molecule has 166 valence electrons. The highest BCUT2D eigenvalue weighted by molar-refractivity contribution is 5.99. The molecule has 0 saturated carbocycles. The molecule has 0 bridgehead atoms. The minimum Gasteiger partial charge on any atom is -0.493 e. The Labute approximate surface area is 184 Å². The molecule has 2 aromatic rings. The number of carbonyl (C=O) groups is 2. The molecule has 2 heterocycles. The van der Waals surface area contributed by atoms with Crippen LogP contribution in [0.3, 0.4) is 0 Å². The number of ether oxygens (including phenoxy) is 4. The molecule has 3 amide bonds. The van der Waals surface area contributed by atoms with Crippen molar-refractivity contribution in [2.24, 2.45) is 5.10 Å². The Morgan fingerprint density at radius 1 is 1.12 bits per heavy atom. The van der Waals surface area contributed by atoms with Crippen LogP contribution in [0.4, 0.5) is 4.79 Å². The van der Waals surface area contributed by atoms with Gasteiger partial charge in [-0.25, -0.2) is 10.2 Å². The van der Waals surface area contributed by atoms with Crippen molar-refractivity contribution < 1.29 is 28.5 Å². The molecule has 0 aliphatic carbocycles. The summed E-state index contributed by atoms with van der Waals surface area (Å²) in [5.41, 5.74) is 4.64. The Morgan fingerprint density at radius 2 is 1.91 bits per heavy atom. The number of allylic oxidation sites excluding steroid dienone is 1. The number of hydrazone groups is 1. The van der Waals surface area contributed by atoms with Crippen LogP contribution in [0.25, 0.3) is 0 Å². The van der Waals surface area contributed by atoms with Crippen molar-refractivity contribution >= 4 is 18.2 Å². The summed E-state index contributed by atoms with van der Waals surface area (Å²) in [6, 6.07) is 9.39. The molecule has 0 aromatic heterocycles. The summed E-state index contributed by atoms with van der Waals surface area (Å²) in [6.45, 7) is 1.83. The summed E-state index contributed by atoms with van der Waals surface area (Å²) in [6.07, 6.45) is 1.50. The second-order valence-electron chi connectivity index (χ2n) is 7.00. The van der Waals surface area contributed by atoms with Crippen LogP contribution in [-0.4, -0.2) is 39.2 Å². The normalized spacial score (nSPS) is 17.1. The van der Waals surface area contributed by atoms with E-state index in [4.69, 9.17) is 18.9 Å². The van der Waals surface area contributed by atoms with Gasteiger partial charge < -0.3 is 29.6 Å². The Morgan fingerprint density at radius 3 is 2.69 bits per heavy atom. The number of carbonyl (C=O) groups excluding carboxylic acids is 2. The van der Waals surface area contributed by atoms with E-state index in [9.17, 15) is 9.59 Å². The fourth-order valence-electron chi connectivity index (χ4n) is 3.50. The van der Waals surface area contributed by atoms with E-state index in [1.165, 1.54) is 20.4 Å². The number of hydrogen-bond donors (Lipinski definition) is 3. The molecule has 4 rings (SSSR count). The van der Waals surface area contributed by atoms with Gasteiger partial charge in [-0.05, 0) is 48.4 Å². The number of urea groups is 1. The van der Waals surface area contributed by atoms with Crippen LogP contribution in [0.5, 0.6) is 23.0 Å². The average molecular weight is 438 g/mol. The van der Waals surface area contributed by atoms with Crippen LogP contribution < -0.4 is 35.0 Å². The number of hydrogen-bond acceptors (Lipinski definition) is 7. The maximum atomic E-state index is 13.0. The Hall–Kier alpha value is -4.21. The van der Waals surface area contributed by atoms with Crippen LogP contribution >= 0.6 is 0 Å². The average Bonchev–Trinajstić information content (AvgIpc) is 3.26. The van der Waals surface area contributed by atoms with Gasteiger partial charge in [-0.15, -0.1) is 0 Å². The van der Waals surface area contributed by atoms with E-state index >= 15 is 0 Å². The summed E-state index contributed by atoms with van der Waals surface area (Å²) in [7, 11) is 3.05. The molecule has 0 spiro atoms. The predicted molar refractivity (Wildman–Crippen MR) is 115 cm³/mol. The highest BCUT2D eigenvalue weighted by atomic mass is 16.7. The van der Waals surface area contributed by atoms with E-state index < -0.39 is 18.0 Å². The van der Waals surface area contributed by atoms with Gasteiger partial charge >= 0.3 is 6.03 Å². The van der Waals surface area contributed by atoms with Gasteiger partial charge in [0.1, 0.15) is 0 Å². The van der Waals surface area contributed by atoms with E-state index in [-0.39, 0.29) is 6.79 Å². The van der Waals surface area contributed by atoms with Crippen molar-refractivity contribution in [3.63, 3.8) is 0 Å². The van der Waals surface area contributed by atoms with Gasteiger partial charge in [0.15, 0.2) is 23.0 Å². The van der Waals surface area contributed by atoms with Crippen molar-refractivity contribution in [2.75, 3.05) is 21.0 Å². The minimum atomic E-state index is -0.704. The maximum Gasteiger partial charge on any atom is 0.319 e. The highest BCUT2D eigenvalue weighted by Gasteiger charge is 2.31. The van der Waals surface area contributed by atoms with Gasteiger partial charge in [-0.3, -0.25) is 4.79 Å². The first-order valence-electron chi connectivity index (χ1n) is 9.73. The van der Waals surface area contributed by atoms with Crippen LogP contribution in [0.1, 0.15) is 24.1 Å². The first kappa shape index (κ1) is 21.0. The van der Waals surface area contributed by atoms with Gasteiger partial charge in [-0.2, -0.15) is 5.10 Å². The molecule has 3 N–H and O–H groups in total. The molecule has 10 heteroatoms. The minimum absolute atomic E-state index is 0.177. The van der Waals surface area contributed by atoms with Gasteiger partial charge in [0.05, 0.1) is 32.0 Å². The van der Waals surface area contributed by atoms with Gasteiger partial charge in [0, 0.05) is 5.70 Å². The zero-order valence-electron chi connectivity index (χ0n) is 17.7.